The predicted molar refractivity (Wildman–Crippen MR) is 75.8 cm³/mol. The van der Waals surface area contributed by atoms with Crippen LogP contribution in [-0.2, 0) is 11.3 Å². The molecule has 20 heavy (non-hydrogen) atoms. The summed E-state index contributed by atoms with van der Waals surface area (Å²) in [4.78, 5) is 11.8. The van der Waals surface area contributed by atoms with E-state index in [0.717, 1.165) is 31.4 Å². The van der Waals surface area contributed by atoms with E-state index in [4.69, 9.17) is 4.74 Å². The molecule has 1 aromatic carbocycles. The molecule has 1 heterocycles. The summed E-state index contributed by atoms with van der Waals surface area (Å²) in [5.41, 5.74) is 7.49. The SMILES string of the molecule is O=C(NC1CCC2NNCC2C1)OCc1ccccc1. The smallest absolute Gasteiger partial charge is 0.407 e. The highest BCUT2D eigenvalue weighted by atomic mass is 16.5. The summed E-state index contributed by atoms with van der Waals surface area (Å²) in [7, 11) is 0. The quantitative estimate of drug-likeness (QED) is 0.783. The first-order valence-corrected chi connectivity index (χ1v) is 7.27. The summed E-state index contributed by atoms with van der Waals surface area (Å²) in [6, 6.07) is 10.5. The van der Waals surface area contributed by atoms with Crippen molar-refractivity contribution in [1.82, 2.24) is 16.2 Å². The fourth-order valence-electron chi connectivity index (χ4n) is 3.06. The molecule has 0 spiro atoms. The zero-order valence-electron chi connectivity index (χ0n) is 11.5. The summed E-state index contributed by atoms with van der Waals surface area (Å²) < 4.78 is 5.26. The molecule has 3 rings (SSSR count). The van der Waals surface area contributed by atoms with E-state index in [1.165, 1.54) is 0 Å². The Morgan fingerprint density at radius 1 is 1.30 bits per heavy atom. The van der Waals surface area contributed by atoms with Crippen molar-refractivity contribution >= 4 is 6.09 Å². The monoisotopic (exact) mass is 275 g/mol. The van der Waals surface area contributed by atoms with E-state index in [0.29, 0.717) is 18.6 Å². The number of hydrazine groups is 1. The Kier molecular flexibility index (Phi) is 4.18. The van der Waals surface area contributed by atoms with Crippen molar-refractivity contribution < 1.29 is 9.53 Å². The van der Waals surface area contributed by atoms with E-state index in [2.05, 4.69) is 16.2 Å². The minimum Gasteiger partial charge on any atom is -0.445 e. The molecule has 3 atom stereocenters. The second kappa shape index (κ2) is 6.24. The number of hydrogen-bond acceptors (Lipinski definition) is 4. The van der Waals surface area contributed by atoms with Gasteiger partial charge < -0.3 is 10.1 Å². The Morgan fingerprint density at radius 3 is 3.00 bits per heavy atom. The van der Waals surface area contributed by atoms with Gasteiger partial charge in [-0.2, -0.15) is 0 Å². The van der Waals surface area contributed by atoms with Crippen molar-refractivity contribution in [3.8, 4) is 0 Å². The third kappa shape index (κ3) is 3.29. The molecular formula is C15H21N3O2. The minimum atomic E-state index is -0.309. The lowest BCUT2D eigenvalue weighted by Crippen LogP contribution is -2.44. The van der Waals surface area contributed by atoms with Gasteiger partial charge in [0.05, 0.1) is 0 Å². The van der Waals surface area contributed by atoms with Crippen molar-refractivity contribution in [2.75, 3.05) is 6.54 Å². The Labute approximate surface area is 119 Å². The van der Waals surface area contributed by atoms with Crippen LogP contribution in [0.5, 0.6) is 0 Å². The van der Waals surface area contributed by atoms with Crippen molar-refractivity contribution in [3.63, 3.8) is 0 Å². The van der Waals surface area contributed by atoms with Gasteiger partial charge in [0.2, 0.25) is 0 Å². The first kappa shape index (κ1) is 13.4. The van der Waals surface area contributed by atoms with Gasteiger partial charge in [-0.1, -0.05) is 30.3 Å². The van der Waals surface area contributed by atoms with Crippen LogP contribution in [0.15, 0.2) is 30.3 Å². The maximum absolute atomic E-state index is 11.8. The Morgan fingerprint density at radius 2 is 2.15 bits per heavy atom. The molecule has 0 radical (unpaired) electrons. The number of benzene rings is 1. The summed E-state index contributed by atoms with van der Waals surface area (Å²) in [6.45, 7) is 1.32. The molecule has 1 saturated carbocycles. The first-order valence-electron chi connectivity index (χ1n) is 7.27. The fourth-order valence-corrected chi connectivity index (χ4v) is 3.06. The number of amides is 1. The topological polar surface area (TPSA) is 62.4 Å². The number of alkyl carbamates (subject to hydrolysis) is 1. The molecule has 5 heteroatoms. The Balaban J connectivity index is 1.42. The largest absolute Gasteiger partial charge is 0.445 e. The van der Waals surface area contributed by atoms with Gasteiger partial charge in [0.25, 0.3) is 0 Å². The lowest BCUT2D eigenvalue weighted by molar-refractivity contribution is 0.130. The maximum Gasteiger partial charge on any atom is 0.407 e. The molecule has 0 aromatic heterocycles. The van der Waals surface area contributed by atoms with Crippen molar-refractivity contribution in [1.29, 1.82) is 0 Å². The van der Waals surface area contributed by atoms with Crippen LogP contribution in [0.3, 0.4) is 0 Å². The van der Waals surface area contributed by atoms with Gasteiger partial charge in [-0.15, -0.1) is 0 Å². The van der Waals surface area contributed by atoms with Crippen LogP contribution >= 0.6 is 0 Å². The Hall–Kier alpha value is -1.59. The van der Waals surface area contributed by atoms with Crippen LogP contribution < -0.4 is 16.2 Å². The minimum absolute atomic E-state index is 0.237. The summed E-state index contributed by atoms with van der Waals surface area (Å²) in [6.07, 6.45) is 2.82. The fraction of sp³-hybridized carbons (Fsp3) is 0.533. The zero-order valence-corrected chi connectivity index (χ0v) is 11.5. The average Bonchev–Trinajstić information content (AvgIpc) is 2.94. The second-order valence-electron chi connectivity index (χ2n) is 5.61. The van der Waals surface area contributed by atoms with Crippen molar-refractivity contribution in [2.24, 2.45) is 5.92 Å². The van der Waals surface area contributed by atoms with E-state index < -0.39 is 0 Å². The number of hydrogen-bond donors (Lipinski definition) is 3. The number of carbonyl (C=O) groups is 1. The molecule has 0 bridgehead atoms. The van der Waals surface area contributed by atoms with Gasteiger partial charge in [0, 0.05) is 18.6 Å². The standard InChI is InChI=1S/C15H21N3O2/c19-15(20-10-11-4-2-1-3-5-11)17-13-6-7-14-12(8-13)9-16-18-14/h1-5,12-14,16,18H,6-10H2,(H,17,19). The predicted octanol–water partition coefficient (Wildman–Crippen LogP) is 1.56. The normalized spacial score (nSPS) is 28.7. The Bertz CT molecular complexity index is 452. The van der Waals surface area contributed by atoms with E-state index in [-0.39, 0.29) is 12.1 Å². The molecule has 1 aliphatic carbocycles. The van der Waals surface area contributed by atoms with Gasteiger partial charge in [0.15, 0.2) is 0 Å². The summed E-state index contributed by atoms with van der Waals surface area (Å²) in [5.74, 6) is 0.614. The van der Waals surface area contributed by atoms with E-state index in [1.807, 2.05) is 30.3 Å². The van der Waals surface area contributed by atoms with Gasteiger partial charge in [-0.05, 0) is 30.7 Å². The van der Waals surface area contributed by atoms with Crippen LogP contribution in [-0.4, -0.2) is 24.7 Å². The summed E-state index contributed by atoms with van der Waals surface area (Å²) in [5, 5.41) is 2.99. The molecule has 2 aliphatic rings. The maximum atomic E-state index is 11.8. The number of fused-ring (bicyclic) bond motifs is 1. The van der Waals surface area contributed by atoms with E-state index >= 15 is 0 Å². The molecule has 3 unspecified atom stereocenters. The van der Waals surface area contributed by atoms with Crippen LogP contribution in [0.25, 0.3) is 0 Å². The zero-order chi connectivity index (χ0) is 13.8. The average molecular weight is 275 g/mol. The molecule has 1 aliphatic heterocycles. The highest BCUT2D eigenvalue weighted by molar-refractivity contribution is 5.67. The second-order valence-corrected chi connectivity index (χ2v) is 5.61. The first-order chi connectivity index (χ1) is 9.81. The van der Waals surface area contributed by atoms with E-state index in [9.17, 15) is 4.79 Å². The van der Waals surface area contributed by atoms with Crippen LogP contribution in [0.1, 0.15) is 24.8 Å². The van der Waals surface area contributed by atoms with Crippen LogP contribution in [0.4, 0.5) is 4.79 Å². The van der Waals surface area contributed by atoms with Gasteiger partial charge in [0.1, 0.15) is 6.61 Å². The highest BCUT2D eigenvalue weighted by Gasteiger charge is 2.34. The van der Waals surface area contributed by atoms with Gasteiger partial charge >= 0.3 is 6.09 Å². The lowest BCUT2D eigenvalue weighted by atomic mass is 9.83. The lowest BCUT2D eigenvalue weighted by Gasteiger charge is -2.30. The molecule has 108 valence electrons. The molecule has 1 amide bonds. The third-order valence-corrected chi connectivity index (χ3v) is 4.17. The number of ether oxygens (including phenoxy) is 1. The summed E-state index contributed by atoms with van der Waals surface area (Å²) >= 11 is 0. The molecular weight excluding hydrogens is 254 g/mol. The number of carbonyl (C=O) groups excluding carboxylic acids is 1. The molecule has 2 fully saturated rings. The van der Waals surface area contributed by atoms with Crippen LogP contribution in [0, 0.1) is 5.92 Å². The number of rotatable bonds is 3. The van der Waals surface area contributed by atoms with Gasteiger partial charge in [-0.25, -0.2) is 4.79 Å². The van der Waals surface area contributed by atoms with Gasteiger partial charge in [-0.3, -0.25) is 10.9 Å². The van der Waals surface area contributed by atoms with Crippen molar-refractivity contribution in [3.05, 3.63) is 35.9 Å². The highest BCUT2D eigenvalue weighted by Crippen LogP contribution is 2.26. The van der Waals surface area contributed by atoms with E-state index in [1.54, 1.807) is 0 Å². The molecule has 5 nitrogen and oxygen atoms in total. The third-order valence-electron chi connectivity index (χ3n) is 4.17. The molecule has 3 N–H and O–H groups in total. The van der Waals surface area contributed by atoms with Crippen LogP contribution in [0.2, 0.25) is 0 Å². The molecule has 1 aromatic rings. The number of nitrogens with one attached hydrogen (secondary N) is 3. The van der Waals surface area contributed by atoms with Crippen molar-refractivity contribution in [2.45, 2.75) is 38.0 Å². The molecule has 1 saturated heterocycles.